The molecule has 0 radical (unpaired) electrons. The van der Waals surface area contributed by atoms with Gasteiger partial charge in [0, 0.05) is 0 Å². The van der Waals surface area contributed by atoms with Crippen LogP contribution in [0.3, 0.4) is 0 Å². The molecule has 186 valence electrons. The molecule has 0 aliphatic heterocycles. The zero-order valence-corrected chi connectivity index (χ0v) is 21.5. The minimum absolute atomic E-state index is 0.0737. The molecule has 0 fully saturated rings. The van der Waals surface area contributed by atoms with E-state index in [1.165, 1.54) is 38.5 Å². The Bertz CT molecular complexity index is 781. The summed E-state index contributed by atoms with van der Waals surface area (Å²) >= 11 is 0. The zero-order valence-electron chi connectivity index (χ0n) is 21.5. The third-order valence-electron chi connectivity index (χ3n) is 6.12. The molecule has 4 heteroatoms. The summed E-state index contributed by atoms with van der Waals surface area (Å²) in [6.45, 7) is 8.29. The molecule has 2 aromatic carbocycles. The number of carbonyl (C=O) groups excluding carboxylic acids is 2. The van der Waals surface area contributed by atoms with E-state index in [1.54, 1.807) is 24.3 Å². The Morgan fingerprint density at radius 1 is 0.588 bits per heavy atom. The number of hydrogen-bond acceptors (Lipinski definition) is 4. The SMILES string of the molecule is CCCCCC[C@H](C)OC(=O)c1ccc(-c2ccc(C(=O)O[C@@H](C)CCCCCC)cc2)cc1. The second-order valence-electron chi connectivity index (χ2n) is 9.29. The van der Waals surface area contributed by atoms with Crippen LogP contribution in [0.1, 0.15) is 113 Å². The molecule has 2 rings (SSSR count). The van der Waals surface area contributed by atoms with Gasteiger partial charge in [-0.15, -0.1) is 0 Å². The van der Waals surface area contributed by atoms with Crippen LogP contribution < -0.4 is 0 Å². The lowest BCUT2D eigenvalue weighted by molar-refractivity contribution is 0.0309. The number of hydrogen-bond donors (Lipinski definition) is 0. The summed E-state index contributed by atoms with van der Waals surface area (Å²) in [5, 5.41) is 0. The van der Waals surface area contributed by atoms with E-state index >= 15 is 0 Å². The third kappa shape index (κ3) is 9.70. The molecule has 2 aromatic rings. The molecule has 0 aromatic heterocycles. The maximum absolute atomic E-state index is 12.4. The molecule has 0 aliphatic rings. The van der Waals surface area contributed by atoms with Crippen LogP contribution in [0.2, 0.25) is 0 Å². The molecule has 0 amide bonds. The normalized spacial score (nSPS) is 12.7. The number of benzene rings is 2. The van der Waals surface area contributed by atoms with Gasteiger partial charge >= 0.3 is 11.9 Å². The van der Waals surface area contributed by atoms with E-state index in [-0.39, 0.29) is 24.1 Å². The maximum Gasteiger partial charge on any atom is 0.338 e. The van der Waals surface area contributed by atoms with Gasteiger partial charge in [-0.2, -0.15) is 0 Å². The second-order valence-corrected chi connectivity index (χ2v) is 9.29. The lowest BCUT2D eigenvalue weighted by Gasteiger charge is -2.14. The fraction of sp³-hybridized carbons (Fsp3) is 0.533. The van der Waals surface area contributed by atoms with Crippen molar-refractivity contribution in [2.75, 3.05) is 0 Å². The number of ether oxygens (including phenoxy) is 2. The van der Waals surface area contributed by atoms with E-state index in [4.69, 9.17) is 9.47 Å². The Morgan fingerprint density at radius 2 is 0.941 bits per heavy atom. The minimum Gasteiger partial charge on any atom is -0.459 e. The van der Waals surface area contributed by atoms with Crippen molar-refractivity contribution in [3.8, 4) is 11.1 Å². The standard InChI is InChI=1S/C30H42O4/c1-5-7-9-11-13-23(3)33-29(31)27-19-15-25(16-20-27)26-17-21-28(22-18-26)30(32)34-24(4)14-12-10-8-6-2/h15-24H,5-14H2,1-4H3/t23-,24-/m0/s1. The summed E-state index contributed by atoms with van der Waals surface area (Å²) < 4.78 is 11.2. The summed E-state index contributed by atoms with van der Waals surface area (Å²) in [6.07, 6.45) is 11.0. The number of rotatable bonds is 15. The average Bonchev–Trinajstić information content (AvgIpc) is 2.84. The number of esters is 2. The van der Waals surface area contributed by atoms with Crippen molar-refractivity contribution in [2.45, 2.75) is 104 Å². The highest BCUT2D eigenvalue weighted by molar-refractivity contribution is 5.91. The average molecular weight is 467 g/mol. The first-order valence-electron chi connectivity index (χ1n) is 13.1. The molecule has 2 atom stereocenters. The van der Waals surface area contributed by atoms with Gasteiger partial charge in [0.1, 0.15) is 0 Å². The van der Waals surface area contributed by atoms with Crippen molar-refractivity contribution < 1.29 is 19.1 Å². The van der Waals surface area contributed by atoms with Crippen LogP contribution in [-0.2, 0) is 9.47 Å². The van der Waals surface area contributed by atoms with Crippen molar-refractivity contribution in [1.82, 2.24) is 0 Å². The molecule has 34 heavy (non-hydrogen) atoms. The quantitative estimate of drug-likeness (QED) is 0.195. The van der Waals surface area contributed by atoms with Crippen LogP contribution in [0.4, 0.5) is 0 Å². The summed E-state index contributed by atoms with van der Waals surface area (Å²) in [7, 11) is 0. The molecule has 0 N–H and O–H groups in total. The van der Waals surface area contributed by atoms with Gasteiger partial charge < -0.3 is 9.47 Å². The first-order chi connectivity index (χ1) is 16.4. The Balaban J connectivity index is 1.86. The Hall–Kier alpha value is -2.62. The first-order valence-corrected chi connectivity index (χ1v) is 13.1. The van der Waals surface area contributed by atoms with Crippen molar-refractivity contribution in [1.29, 1.82) is 0 Å². The van der Waals surface area contributed by atoms with Gasteiger partial charge in [0.15, 0.2) is 0 Å². The number of carbonyl (C=O) groups is 2. The van der Waals surface area contributed by atoms with Crippen molar-refractivity contribution >= 4 is 11.9 Å². The van der Waals surface area contributed by atoms with Crippen molar-refractivity contribution in [3.05, 3.63) is 59.7 Å². The van der Waals surface area contributed by atoms with Crippen LogP contribution in [0, 0.1) is 0 Å². The van der Waals surface area contributed by atoms with Gasteiger partial charge in [-0.3, -0.25) is 0 Å². The molecule has 0 aliphatic carbocycles. The summed E-state index contributed by atoms with van der Waals surface area (Å²) in [4.78, 5) is 24.8. The molecule has 4 nitrogen and oxygen atoms in total. The van der Waals surface area contributed by atoms with E-state index in [9.17, 15) is 9.59 Å². The monoisotopic (exact) mass is 466 g/mol. The predicted octanol–water partition coefficient (Wildman–Crippen LogP) is 8.39. The van der Waals surface area contributed by atoms with Crippen LogP contribution >= 0.6 is 0 Å². The Kier molecular flexibility index (Phi) is 12.4. The van der Waals surface area contributed by atoms with E-state index < -0.39 is 0 Å². The van der Waals surface area contributed by atoms with E-state index in [1.807, 2.05) is 38.1 Å². The van der Waals surface area contributed by atoms with Gasteiger partial charge in [0.05, 0.1) is 23.3 Å². The summed E-state index contributed by atoms with van der Waals surface area (Å²) in [5.41, 5.74) is 3.07. The second kappa shape index (κ2) is 15.3. The summed E-state index contributed by atoms with van der Waals surface area (Å²) in [5.74, 6) is -0.562. The first kappa shape index (κ1) is 27.6. The van der Waals surface area contributed by atoms with Gasteiger partial charge in [-0.25, -0.2) is 9.59 Å². The molecule has 0 heterocycles. The Morgan fingerprint density at radius 3 is 1.26 bits per heavy atom. The fourth-order valence-electron chi connectivity index (χ4n) is 3.93. The predicted molar refractivity (Wildman–Crippen MR) is 139 cm³/mol. The van der Waals surface area contributed by atoms with Gasteiger partial charge in [0.2, 0.25) is 0 Å². The third-order valence-corrected chi connectivity index (χ3v) is 6.12. The van der Waals surface area contributed by atoms with Crippen LogP contribution in [0.15, 0.2) is 48.5 Å². The molecular weight excluding hydrogens is 424 g/mol. The molecule has 0 spiro atoms. The highest BCUT2D eigenvalue weighted by Crippen LogP contribution is 2.22. The fourth-order valence-corrected chi connectivity index (χ4v) is 3.93. The molecular formula is C30H42O4. The van der Waals surface area contributed by atoms with Gasteiger partial charge in [-0.1, -0.05) is 76.6 Å². The van der Waals surface area contributed by atoms with Crippen LogP contribution in [-0.4, -0.2) is 24.1 Å². The van der Waals surface area contributed by atoms with Gasteiger partial charge in [0.25, 0.3) is 0 Å². The Labute approximate surface area is 206 Å². The highest BCUT2D eigenvalue weighted by atomic mass is 16.5. The van der Waals surface area contributed by atoms with E-state index in [0.29, 0.717) is 11.1 Å². The maximum atomic E-state index is 12.4. The molecule has 0 unspecified atom stereocenters. The van der Waals surface area contributed by atoms with Crippen molar-refractivity contribution in [2.24, 2.45) is 0 Å². The minimum atomic E-state index is -0.281. The number of unbranched alkanes of at least 4 members (excludes halogenated alkanes) is 6. The van der Waals surface area contributed by atoms with Crippen LogP contribution in [0.25, 0.3) is 11.1 Å². The van der Waals surface area contributed by atoms with Crippen molar-refractivity contribution in [3.63, 3.8) is 0 Å². The molecule has 0 saturated carbocycles. The lowest BCUT2D eigenvalue weighted by Crippen LogP contribution is -2.15. The summed E-state index contributed by atoms with van der Waals surface area (Å²) in [6, 6.07) is 14.8. The smallest absolute Gasteiger partial charge is 0.338 e. The van der Waals surface area contributed by atoms with Crippen LogP contribution in [0.5, 0.6) is 0 Å². The van der Waals surface area contributed by atoms with Gasteiger partial charge in [-0.05, 0) is 74.9 Å². The molecule has 0 saturated heterocycles. The highest BCUT2D eigenvalue weighted by Gasteiger charge is 2.14. The zero-order chi connectivity index (χ0) is 24.8. The largest absolute Gasteiger partial charge is 0.459 e. The molecule has 0 bridgehead atoms. The van der Waals surface area contributed by atoms with E-state index in [0.717, 1.165) is 36.8 Å². The topological polar surface area (TPSA) is 52.6 Å². The lowest BCUT2D eigenvalue weighted by atomic mass is 10.0. The van der Waals surface area contributed by atoms with E-state index in [2.05, 4.69) is 13.8 Å².